The van der Waals surface area contributed by atoms with E-state index in [2.05, 4.69) is 37.2 Å². The quantitative estimate of drug-likeness (QED) is 0.246. The number of ether oxygens (including phenoxy) is 1. The van der Waals surface area contributed by atoms with E-state index < -0.39 is 28.5 Å². The van der Waals surface area contributed by atoms with Crippen LogP contribution < -0.4 is 14.4 Å². The topological polar surface area (TPSA) is 96.0 Å². The first-order valence-corrected chi connectivity index (χ1v) is 15.9. The van der Waals surface area contributed by atoms with Crippen molar-refractivity contribution < 1.29 is 22.7 Å². The average Bonchev–Trinajstić information content (AvgIpc) is 2.94. The maximum Gasteiger partial charge on any atom is 0.264 e. The van der Waals surface area contributed by atoms with Crippen molar-refractivity contribution in [3.05, 3.63) is 87.3 Å². The maximum absolute atomic E-state index is 13.9. The van der Waals surface area contributed by atoms with E-state index in [1.165, 1.54) is 17.0 Å². The van der Waals surface area contributed by atoms with Gasteiger partial charge in [0.25, 0.3) is 10.0 Å². The first-order chi connectivity index (χ1) is 19.1. The lowest BCUT2D eigenvalue weighted by molar-refractivity contribution is -0.139. The predicted molar refractivity (Wildman–Crippen MR) is 164 cm³/mol. The second-order valence-corrected chi connectivity index (χ2v) is 12.7. The van der Waals surface area contributed by atoms with Crippen molar-refractivity contribution in [1.82, 2.24) is 10.2 Å². The van der Waals surface area contributed by atoms with Crippen molar-refractivity contribution in [3.63, 3.8) is 0 Å². The van der Waals surface area contributed by atoms with Gasteiger partial charge in [-0.2, -0.15) is 0 Å². The smallest absolute Gasteiger partial charge is 0.264 e. The van der Waals surface area contributed by atoms with Crippen LogP contribution in [-0.4, -0.2) is 50.9 Å². The summed E-state index contributed by atoms with van der Waals surface area (Å²) in [5.41, 5.74) is 1.10. The lowest BCUT2D eigenvalue weighted by atomic mass is 10.1. The van der Waals surface area contributed by atoms with E-state index in [0.717, 1.165) is 25.2 Å². The highest BCUT2D eigenvalue weighted by molar-refractivity contribution is 9.10. The molecular weight excluding hydrogens is 662 g/mol. The largest absolute Gasteiger partial charge is 0.494 e. The lowest BCUT2D eigenvalue weighted by Gasteiger charge is -2.32. The highest BCUT2D eigenvalue weighted by Crippen LogP contribution is 2.27. The molecule has 11 heteroatoms. The summed E-state index contributed by atoms with van der Waals surface area (Å²) in [4.78, 5) is 28.3. The minimum absolute atomic E-state index is 0.0329. The zero-order chi connectivity index (χ0) is 29.3. The molecule has 0 unspecified atom stereocenters. The Morgan fingerprint density at radius 2 is 1.48 bits per heavy atom. The van der Waals surface area contributed by atoms with Crippen LogP contribution in [0.15, 0.2) is 86.6 Å². The Morgan fingerprint density at radius 1 is 0.900 bits per heavy atom. The number of hydrogen-bond donors (Lipinski definition) is 1. The van der Waals surface area contributed by atoms with Crippen molar-refractivity contribution in [2.75, 3.05) is 24.0 Å². The number of benzene rings is 3. The number of rotatable bonds is 13. The van der Waals surface area contributed by atoms with Gasteiger partial charge in [0.05, 0.1) is 17.2 Å². The molecule has 8 nitrogen and oxygen atoms in total. The number of sulfonamides is 1. The summed E-state index contributed by atoms with van der Waals surface area (Å²) in [6.45, 7) is 6.00. The highest BCUT2D eigenvalue weighted by Gasteiger charge is 2.32. The number of carbonyl (C=O) groups is 2. The van der Waals surface area contributed by atoms with Gasteiger partial charge in [0, 0.05) is 22.0 Å². The van der Waals surface area contributed by atoms with E-state index in [-0.39, 0.29) is 17.3 Å². The molecule has 0 fully saturated rings. The van der Waals surface area contributed by atoms with Crippen LogP contribution in [-0.2, 0) is 26.2 Å². The van der Waals surface area contributed by atoms with Crippen molar-refractivity contribution in [1.29, 1.82) is 0 Å². The summed E-state index contributed by atoms with van der Waals surface area (Å²) in [5, 5.41) is 2.84. The molecule has 0 spiro atoms. The molecule has 0 saturated heterocycles. The number of nitrogens with one attached hydrogen (secondary N) is 1. The summed E-state index contributed by atoms with van der Waals surface area (Å²) in [5.74, 6) is -0.246. The molecule has 3 rings (SSSR count). The maximum atomic E-state index is 13.9. The molecule has 214 valence electrons. The van der Waals surface area contributed by atoms with Gasteiger partial charge >= 0.3 is 0 Å². The van der Waals surface area contributed by atoms with Gasteiger partial charge in [-0.05, 0) is 86.5 Å². The Morgan fingerprint density at radius 3 is 2.02 bits per heavy atom. The van der Waals surface area contributed by atoms with Gasteiger partial charge in [-0.25, -0.2) is 8.42 Å². The molecule has 2 amide bonds. The van der Waals surface area contributed by atoms with Crippen LogP contribution >= 0.6 is 31.9 Å². The third-order valence-electron chi connectivity index (χ3n) is 6.10. The van der Waals surface area contributed by atoms with Gasteiger partial charge in [-0.1, -0.05) is 50.9 Å². The summed E-state index contributed by atoms with van der Waals surface area (Å²) in [6, 6.07) is 19.3. The Hall–Kier alpha value is -2.89. The molecule has 1 N–H and O–H groups in total. The molecule has 0 aliphatic carbocycles. The monoisotopic (exact) mass is 693 g/mol. The molecule has 0 aliphatic heterocycles. The minimum atomic E-state index is -4.15. The molecular formula is C29H33Br2N3O5S. The van der Waals surface area contributed by atoms with Gasteiger partial charge in [-0.15, -0.1) is 0 Å². The summed E-state index contributed by atoms with van der Waals surface area (Å²) >= 11 is 6.75. The Kier molecular flexibility index (Phi) is 11.6. The van der Waals surface area contributed by atoms with Crippen molar-refractivity contribution in [2.24, 2.45) is 0 Å². The van der Waals surface area contributed by atoms with E-state index in [1.807, 2.05) is 38.1 Å². The van der Waals surface area contributed by atoms with Gasteiger partial charge < -0.3 is 15.0 Å². The Bertz CT molecular complexity index is 1380. The lowest BCUT2D eigenvalue weighted by Crippen LogP contribution is -2.51. The number of nitrogens with zero attached hydrogens (tertiary/aromatic N) is 2. The molecule has 0 saturated carbocycles. The van der Waals surface area contributed by atoms with Gasteiger partial charge in [0.15, 0.2) is 0 Å². The molecule has 40 heavy (non-hydrogen) atoms. The van der Waals surface area contributed by atoms with E-state index in [0.29, 0.717) is 24.6 Å². The van der Waals surface area contributed by atoms with Gasteiger partial charge in [0.1, 0.15) is 18.3 Å². The normalized spacial score (nSPS) is 11.9. The zero-order valence-electron chi connectivity index (χ0n) is 22.6. The zero-order valence-corrected chi connectivity index (χ0v) is 26.6. The Labute approximate surface area is 253 Å². The van der Waals surface area contributed by atoms with Crippen LogP contribution in [0.5, 0.6) is 5.75 Å². The fraction of sp³-hybridized carbons (Fsp3) is 0.310. The van der Waals surface area contributed by atoms with Gasteiger partial charge in [-0.3, -0.25) is 13.9 Å². The van der Waals surface area contributed by atoms with Crippen LogP contribution in [0.1, 0.15) is 32.8 Å². The van der Waals surface area contributed by atoms with Crippen molar-refractivity contribution in [2.45, 2.75) is 44.7 Å². The van der Waals surface area contributed by atoms with E-state index in [1.54, 1.807) is 43.3 Å². The first kappa shape index (κ1) is 31.6. The molecule has 3 aromatic rings. The first-order valence-electron chi connectivity index (χ1n) is 12.9. The van der Waals surface area contributed by atoms with Crippen LogP contribution in [0.25, 0.3) is 0 Å². The summed E-state index contributed by atoms with van der Waals surface area (Å²) < 4.78 is 35.9. The molecule has 0 aliphatic rings. The Balaban J connectivity index is 2.01. The highest BCUT2D eigenvalue weighted by atomic mass is 79.9. The van der Waals surface area contributed by atoms with Crippen LogP contribution in [0, 0.1) is 0 Å². The standard InChI is InChI=1S/C29H33Br2N3O5S/c1-4-18-32-29(36)21(3)33(19-22-6-8-23(30)9-7-22)28(35)20-34(25-12-14-26(15-13-25)39-5-2)40(37,38)27-16-10-24(31)11-17-27/h6-17,21H,4-5,18-20H2,1-3H3,(H,32,36)/t21-/m0/s1. The van der Waals surface area contributed by atoms with E-state index in [9.17, 15) is 18.0 Å². The third kappa shape index (κ3) is 8.31. The minimum Gasteiger partial charge on any atom is -0.494 e. The number of carbonyl (C=O) groups excluding carboxylic acids is 2. The van der Waals surface area contributed by atoms with Crippen molar-refractivity contribution in [3.8, 4) is 5.75 Å². The third-order valence-corrected chi connectivity index (χ3v) is 8.94. The fourth-order valence-corrected chi connectivity index (χ4v) is 5.85. The van der Waals surface area contributed by atoms with Gasteiger partial charge in [0.2, 0.25) is 11.8 Å². The number of amides is 2. The molecule has 1 atom stereocenters. The van der Waals surface area contributed by atoms with Crippen LogP contribution in [0.2, 0.25) is 0 Å². The second kappa shape index (κ2) is 14.7. The van der Waals surface area contributed by atoms with E-state index in [4.69, 9.17) is 4.74 Å². The van der Waals surface area contributed by atoms with Crippen LogP contribution in [0.4, 0.5) is 5.69 Å². The molecule has 3 aromatic carbocycles. The molecule has 0 heterocycles. The molecule has 0 radical (unpaired) electrons. The average molecular weight is 695 g/mol. The summed E-state index contributed by atoms with van der Waals surface area (Å²) in [6.07, 6.45) is 0.746. The number of hydrogen-bond acceptors (Lipinski definition) is 5. The molecule has 0 aromatic heterocycles. The molecule has 0 bridgehead atoms. The van der Waals surface area contributed by atoms with Crippen molar-refractivity contribution >= 4 is 59.4 Å². The predicted octanol–water partition coefficient (Wildman–Crippen LogP) is 5.75. The second-order valence-electron chi connectivity index (χ2n) is 9.01. The van der Waals surface area contributed by atoms with Crippen LogP contribution in [0.3, 0.4) is 0 Å². The SMILES string of the molecule is CCCNC(=O)[C@H](C)N(Cc1ccc(Br)cc1)C(=O)CN(c1ccc(OCC)cc1)S(=O)(=O)c1ccc(Br)cc1. The fourth-order valence-electron chi connectivity index (χ4n) is 3.90. The summed E-state index contributed by atoms with van der Waals surface area (Å²) in [7, 11) is -4.15. The number of anilines is 1. The van der Waals surface area contributed by atoms with E-state index >= 15 is 0 Å². The number of halogens is 2.